The Labute approximate surface area is 426 Å². The summed E-state index contributed by atoms with van der Waals surface area (Å²) >= 11 is 1.28. The lowest BCUT2D eigenvalue weighted by Gasteiger charge is -2.34. The number of benzene rings is 7. The Morgan fingerprint density at radius 1 is 0.580 bits per heavy atom. The zero-order valence-electron chi connectivity index (χ0n) is 38.2. The Morgan fingerprint density at radius 3 is 1.81 bits per heavy atom. The van der Waals surface area contributed by atoms with Crippen LogP contribution in [-0.2, 0) is 0 Å². The lowest BCUT2D eigenvalue weighted by Crippen LogP contribution is -2.48. The molecule has 0 fully saturated rings. The molecule has 28 radical (unpaired) electrons. The van der Waals surface area contributed by atoms with Gasteiger partial charge in [0.1, 0.15) is 121 Å². The second-order valence-electron chi connectivity index (χ2n) is 16.8. The maximum Gasteiger partial charge on any atom is 0.141 e. The van der Waals surface area contributed by atoms with Crippen molar-refractivity contribution in [2.45, 2.75) is 30.6 Å². The molecule has 7 aromatic carbocycles. The van der Waals surface area contributed by atoms with Crippen LogP contribution in [0.5, 0.6) is 0 Å². The molecule has 69 heavy (non-hydrogen) atoms. The molecule has 2 heterocycles. The van der Waals surface area contributed by atoms with Crippen LogP contribution in [0.2, 0.25) is 0 Å². The van der Waals surface area contributed by atoms with E-state index in [1.165, 1.54) is 11.8 Å². The van der Waals surface area contributed by atoms with Crippen molar-refractivity contribution in [3.63, 3.8) is 0 Å². The zero-order valence-corrected chi connectivity index (χ0v) is 39.0. The molecule has 0 amide bonds. The summed E-state index contributed by atoms with van der Waals surface area (Å²) in [5.74, 6) is 0. The topological polar surface area (TPSA) is 21.3 Å². The van der Waals surface area contributed by atoms with Crippen molar-refractivity contribution in [2.24, 2.45) is 0 Å². The van der Waals surface area contributed by atoms with Crippen LogP contribution in [0.3, 0.4) is 0 Å². The van der Waals surface area contributed by atoms with Gasteiger partial charge in [-0.15, -0.1) is 38.2 Å². The minimum atomic E-state index is 0.0783. The van der Waals surface area contributed by atoms with E-state index in [0.717, 1.165) is 39.1 Å². The van der Waals surface area contributed by atoms with E-state index >= 15 is 0 Å². The average Bonchev–Trinajstić information content (AvgIpc) is 3.90. The highest BCUT2D eigenvalue weighted by molar-refractivity contribution is 7.99. The molecular formula is C51H26B14N2OS. The molecule has 0 atom stereocenters. The van der Waals surface area contributed by atoms with Gasteiger partial charge in [0, 0.05) is 54.1 Å². The van der Waals surface area contributed by atoms with Crippen molar-refractivity contribution in [1.82, 2.24) is 4.57 Å². The van der Waals surface area contributed by atoms with Crippen LogP contribution in [0.15, 0.2) is 99.7 Å². The van der Waals surface area contributed by atoms with Gasteiger partial charge in [-0.3, -0.25) is 0 Å². The largest absolute Gasteiger partial charge is 0.456 e. The van der Waals surface area contributed by atoms with Gasteiger partial charge in [-0.05, 0) is 79.9 Å². The number of hydrogen-bond donors (Lipinski definition) is 0. The quantitative estimate of drug-likeness (QED) is 0.161. The Hall–Kier alpha value is -5.58. The van der Waals surface area contributed by atoms with Crippen molar-refractivity contribution in [1.29, 1.82) is 0 Å². The van der Waals surface area contributed by atoms with E-state index in [1.807, 2.05) is 79.4 Å². The molecule has 2 aromatic heterocycles. The second kappa shape index (κ2) is 18.3. The Bertz CT molecular complexity index is 3700. The summed E-state index contributed by atoms with van der Waals surface area (Å²) in [6, 6.07) is 23.5. The van der Waals surface area contributed by atoms with Gasteiger partial charge in [0.25, 0.3) is 0 Å². The molecule has 0 saturated heterocycles. The van der Waals surface area contributed by atoms with Crippen molar-refractivity contribution in [3.05, 3.63) is 108 Å². The summed E-state index contributed by atoms with van der Waals surface area (Å²) < 4.78 is 8.65. The summed E-state index contributed by atoms with van der Waals surface area (Å²) in [5, 5.41) is 1.73. The fourth-order valence-corrected chi connectivity index (χ4v) is 10.4. The second-order valence-corrected chi connectivity index (χ2v) is 17.8. The third kappa shape index (κ3) is 7.49. The lowest BCUT2D eigenvalue weighted by molar-refractivity contribution is 0.673. The minimum absolute atomic E-state index is 0.0783. The van der Waals surface area contributed by atoms with Gasteiger partial charge in [-0.1, -0.05) is 105 Å². The first-order valence-corrected chi connectivity index (χ1v) is 22.4. The Kier molecular flexibility index (Phi) is 12.9. The minimum Gasteiger partial charge on any atom is -0.456 e. The highest BCUT2D eigenvalue weighted by atomic mass is 32.2. The lowest BCUT2D eigenvalue weighted by atomic mass is 9.64. The first kappa shape index (κ1) is 48.4. The number of para-hydroxylation sites is 1. The predicted molar refractivity (Wildman–Crippen MR) is 311 cm³/mol. The maximum absolute atomic E-state index is 7.20. The van der Waals surface area contributed by atoms with Crippen LogP contribution in [0.25, 0.3) is 61.8 Å². The average molecular weight is 866 g/mol. The molecule has 0 aliphatic carbocycles. The van der Waals surface area contributed by atoms with Crippen LogP contribution in [0.1, 0.15) is 29.3 Å². The van der Waals surface area contributed by atoms with Crippen LogP contribution in [-0.4, -0.2) is 114 Å². The Morgan fingerprint density at radius 2 is 1.17 bits per heavy atom. The van der Waals surface area contributed by atoms with Gasteiger partial charge in [0.05, 0.1) is 16.9 Å². The number of aryl methyl sites for hydroxylation is 1. The molecular weight excluding hydrogens is 840 g/mol. The zero-order chi connectivity index (χ0) is 49.7. The molecule has 0 aliphatic rings. The molecule has 294 valence electrons. The molecule has 18 heteroatoms. The fraction of sp³-hybridized carbons (Fsp3) is 0.0588. The van der Waals surface area contributed by atoms with Crippen molar-refractivity contribution < 1.29 is 4.42 Å². The van der Waals surface area contributed by atoms with Gasteiger partial charge < -0.3 is 13.9 Å². The molecule has 9 rings (SSSR count). The van der Waals surface area contributed by atoms with Crippen LogP contribution >= 0.6 is 11.8 Å². The number of rotatable bonds is 9. The molecule has 0 aliphatic heterocycles. The first-order valence-electron chi connectivity index (χ1n) is 21.6. The van der Waals surface area contributed by atoms with Crippen LogP contribution in [0, 0.1) is 13.8 Å². The highest BCUT2D eigenvalue weighted by Gasteiger charge is 2.28. The summed E-state index contributed by atoms with van der Waals surface area (Å²) in [7, 11) is 92.1. The van der Waals surface area contributed by atoms with Gasteiger partial charge in [-0.2, -0.15) is 0 Å². The van der Waals surface area contributed by atoms with Crippen molar-refractivity contribution in [2.75, 3.05) is 4.90 Å². The van der Waals surface area contributed by atoms with Gasteiger partial charge in [-0.25, -0.2) is 0 Å². The number of anilines is 3. The molecule has 0 spiro atoms. The van der Waals surface area contributed by atoms with E-state index in [4.69, 9.17) is 114 Å². The fourth-order valence-electron chi connectivity index (χ4n) is 9.24. The van der Waals surface area contributed by atoms with Crippen LogP contribution < -0.4 is 81.4 Å². The third-order valence-corrected chi connectivity index (χ3v) is 14.2. The predicted octanol–water partition coefficient (Wildman–Crippen LogP) is -1.78. The van der Waals surface area contributed by atoms with E-state index in [-0.39, 0.29) is 87.6 Å². The summed E-state index contributed by atoms with van der Waals surface area (Å²) in [5.41, 5.74) is 11.1. The molecule has 0 saturated carbocycles. The molecule has 3 nitrogen and oxygen atoms in total. The number of hydrogen-bond acceptors (Lipinski definition) is 3. The standard InChI is InChI=1S/C51H26B14N2OS/c1-5-10-25-27(6-2)66(23-11-8-7-9-12-23)29-18-17-28(20(3)31(25)29)67(48-46(64)41(59)35(53)21(4)51(48)69-30-19-26(52)36(54)42(60)37(30)55)24-15-13-22(14-16-24)32-38(56)43(61)39(57)33-34-40(58)44(62)45(63)47(65)50(34)68-49(32)33/h5-19H,2H2,1,3-4H3/b10-5-. The van der Waals surface area contributed by atoms with Crippen LogP contribution in [0.4, 0.5) is 17.1 Å². The number of nitrogens with zero attached hydrogens (tertiary/aromatic N) is 2. The SMILES string of the molecule is [B]c1cc(Sc2c(C)c([B])c([B])c([B])c2N(c2ccc(-c3c([B])c([B])c([B])c4c3oc3c([B])c([B])c([B])c([B])c34)cc2)c2ccc3c(c2C)c(/C=C\C)c(C=C)n3-c2ccccc2)c([B])c([B])c1[B]. The summed E-state index contributed by atoms with van der Waals surface area (Å²) in [6.45, 7) is 10.2. The smallest absolute Gasteiger partial charge is 0.141 e. The normalized spacial score (nSPS) is 11.7. The van der Waals surface area contributed by atoms with E-state index in [2.05, 4.69) is 42.3 Å². The van der Waals surface area contributed by atoms with Crippen molar-refractivity contribution in [3.8, 4) is 16.8 Å². The van der Waals surface area contributed by atoms with E-state index < -0.39 is 0 Å². The molecule has 9 aromatic rings. The maximum atomic E-state index is 7.20. The summed E-state index contributed by atoms with van der Waals surface area (Å²) in [6.07, 6.45) is 5.95. The van der Waals surface area contributed by atoms with E-state index in [0.29, 0.717) is 48.6 Å². The van der Waals surface area contributed by atoms with Crippen molar-refractivity contribution >= 4 is 260 Å². The first-order chi connectivity index (χ1) is 32.9. The molecule has 0 bridgehead atoms. The van der Waals surface area contributed by atoms with Gasteiger partial charge in [0.15, 0.2) is 0 Å². The summed E-state index contributed by atoms with van der Waals surface area (Å²) in [4.78, 5) is 3.18. The van der Waals surface area contributed by atoms with E-state index in [9.17, 15) is 0 Å². The number of fused-ring (bicyclic) bond motifs is 4. The van der Waals surface area contributed by atoms with Gasteiger partial charge >= 0.3 is 0 Å². The third-order valence-electron chi connectivity index (χ3n) is 13.0. The van der Waals surface area contributed by atoms with Gasteiger partial charge in [0.2, 0.25) is 0 Å². The highest BCUT2D eigenvalue weighted by Crippen LogP contribution is 2.46. The monoisotopic (exact) mass is 868 g/mol. The molecule has 0 N–H and O–H groups in total. The Balaban J connectivity index is 1.36. The number of furan rings is 1. The number of allylic oxidation sites excluding steroid dienone is 1. The van der Waals surface area contributed by atoms with E-state index in [1.54, 1.807) is 6.07 Å². The molecule has 0 unspecified atom stereocenters. The number of aromatic nitrogens is 1.